The topological polar surface area (TPSA) is 40.5 Å². The number of aliphatic hydroxyl groups excluding tert-OH is 1. The minimum atomic E-state index is 0.145. The lowest BCUT2D eigenvalue weighted by Gasteiger charge is -2.32. The molecule has 0 aliphatic heterocycles. The van der Waals surface area contributed by atoms with Crippen molar-refractivity contribution in [1.82, 2.24) is 0 Å². The summed E-state index contributed by atoms with van der Waals surface area (Å²) in [6, 6.07) is 8.16. The fourth-order valence-corrected chi connectivity index (χ4v) is 2.40. The van der Waals surface area contributed by atoms with Crippen molar-refractivity contribution in [3.8, 4) is 0 Å². The van der Waals surface area contributed by atoms with Gasteiger partial charge in [-0.05, 0) is 37.1 Å². The predicted molar refractivity (Wildman–Crippen MR) is 79.9 cm³/mol. The number of hydrogen-bond donors (Lipinski definition) is 1. The van der Waals surface area contributed by atoms with Gasteiger partial charge in [-0.15, -0.1) is 0 Å². The van der Waals surface area contributed by atoms with E-state index in [4.69, 9.17) is 0 Å². The summed E-state index contributed by atoms with van der Waals surface area (Å²) in [5.41, 5.74) is 1.84. The number of nitrogens with zero attached hydrogens (tertiary/aromatic N) is 1. The lowest BCUT2D eigenvalue weighted by molar-refractivity contribution is 0.0988. The minimum Gasteiger partial charge on any atom is -0.395 e. The molecule has 0 aliphatic carbocycles. The highest BCUT2D eigenvalue weighted by molar-refractivity contribution is 5.96. The van der Waals surface area contributed by atoms with Crippen molar-refractivity contribution in [3.63, 3.8) is 0 Å². The highest BCUT2D eigenvalue weighted by atomic mass is 16.3. The molecule has 1 aromatic rings. The average Bonchev–Trinajstić information content (AvgIpc) is 2.47. The Morgan fingerprint density at radius 1 is 1.16 bits per heavy atom. The molecule has 0 atom stereocenters. The van der Waals surface area contributed by atoms with E-state index < -0.39 is 0 Å². The minimum absolute atomic E-state index is 0.145. The molecule has 0 spiro atoms. The van der Waals surface area contributed by atoms with Crippen LogP contribution in [0.15, 0.2) is 24.3 Å². The molecule has 0 saturated carbocycles. The zero-order valence-corrected chi connectivity index (χ0v) is 12.2. The monoisotopic (exact) mass is 263 g/mol. The number of Topliss-reactive ketones (excluding diaryl/α,β-unsaturated/α-hetero) is 1. The van der Waals surface area contributed by atoms with Gasteiger partial charge < -0.3 is 10.0 Å². The summed E-state index contributed by atoms with van der Waals surface area (Å²) in [7, 11) is 0. The normalized spacial score (nSPS) is 10.8. The largest absolute Gasteiger partial charge is 0.395 e. The first-order chi connectivity index (χ1) is 9.17. The zero-order chi connectivity index (χ0) is 14.3. The Morgan fingerprint density at radius 3 is 2.16 bits per heavy atom. The van der Waals surface area contributed by atoms with Gasteiger partial charge in [0.25, 0.3) is 0 Å². The average molecular weight is 263 g/mol. The third-order valence-electron chi connectivity index (χ3n) is 3.57. The first-order valence-electron chi connectivity index (χ1n) is 7.18. The second-order valence-electron chi connectivity index (χ2n) is 4.71. The van der Waals surface area contributed by atoms with Crippen LogP contribution < -0.4 is 4.90 Å². The van der Waals surface area contributed by atoms with Crippen LogP contribution >= 0.6 is 0 Å². The Bertz CT molecular complexity index is 382. The quantitative estimate of drug-likeness (QED) is 0.732. The number of anilines is 1. The van der Waals surface area contributed by atoms with Crippen LogP contribution in [0.5, 0.6) is 0 Å². The second-order valence-corrected chi connectivity index (χ2v) is 4.71. The van der Waals surface area contributed by atoms with Crippen molar-refractivity contribution in [3.05, 3.63) is 29.8 Å². The van der Waals surface area contributed by atoms with Gasteiger partial charge in [0.1, 0.15) is 0 Å². The number of carbonyl (C=O) groups excluding carboxylic acids is 1. The summed E-state index contributed by atoms with van der Waals surface area (Å²) in [6.07, 6.45) is 2.63. The molecule has 0 bridgehead atoms. The van der Waals surface area contributed by atoms with E-state index in [0.29, 0.717) is 19.0 Å². The molecule has 0 saturated heterocycles. The molecule has 1 rings (SSSR count). The maximum Gasteiger partial charge on any atom is 0.162 e. The fourth-order valence-electron chi connectivity index (χ4n) is 2.40. The third-order valence-corrected chi connectivity index (χ3v) is 3.57. The molecule has 1 N–H and O–H groups in total. The molecule has 3 heteroatoms. The number of rotatable bonds is 8. The highest BCUT2D eigenvalue weighted by Crippen LogP contribution is 2.21. The van der Waals surface area contributed by atoms with Crippen molar-refractivity contribution in [2.75, 3.05) is 18.1 Å². The zero-order valence-electron chi connectivity index (χ0n) is 12.2. The SMILES string of the molecule is CCC(=O)c1ccc(N(CCO)C(CC)CC)cc1. The number of ketones is 1. The van der Waals surface area contributed by atoms with Crippen LogP contribution in [0.1, 0.15) is 50.4 Å². The Morgan fingerprint density at radius 2 is 1.74 bits per heavy atom. The van der Waals surface area contributed by atoms with Gasteiger partial charge >= 0.3 is 0 Å². The van der Waals surface area contributed by atoms with Crippen molar-refractivity contribution in [1.29, 1.82) is 0 Å². The van der Waals surface area contributed by atoms with Gasteiger partial charge in [-0.25, -0.2) is 0 Å². The molecule has 0 radical (unpaired) electrons. The number of hydrogen-bond acceptors (Lipinski definition) is 3. The summed E-state index contributed by atoms with van der Waals surface area (Å²) in [4.78, 5) is 13.8. The number of carbonyl (C=O) groups is 1. The number of aliphatic hydroxyl groups is 1. The van der Waals surface area contributed by atoms with Crippen LogP contribution in [0.4, 0.5) is 5.69 Å². The molecule has 0 heterocycles. The van der Waals surface area contributed by atoms with Crippen LogP contribution in [-0.2, 0) is 0 Å². The molecule has 0 fully saturated rings. The van der Waals surface area contributed by atoms with Gasteiger partial charge in [0.15, 0.2) is 5.78 Å². The molecule has 106 valence electrons. The van der Waals surface area contributed by atoms with Crippen LogP contribution in [0.3, 0.4) is 0 Å². The van der Waals surface area contributed by atoms with Crippen molar-refractivity contribution in [2.24, 2.45) is 0 Å². The summed E-state index contributed by atoms with van der Waals surface area (Å²) in [5, 5.41) is 9.22. The van der Waals surface area contributed by atoms with E-state index >= 15 is 0 Å². The van der Waals surface area contributed by atoms with E-state index in [2.05, 4.69) is 18.7 Å². The first kappa shape index (κ1) is 15.7. The van der Waals surface area contributed by atoms with Gasteiger partial charge in [0, 0.05) is 30.3 Å². The third kappa shape index (κ3) is 4.06. The lowest BCUT2D eigenvalue weighted by Crippen LogP contribution is -2.36. The summed E-state index contributed by atoms with van der Waals surface area (Å²) < 4.78 is 0. The van der Waals surface area contributed by atoms with E-state index in [1.54, 1.807) is 0 Å². The standard InChI is InChI=1S/C16H25NO2/c1-4-14(5-2)17(11-12-18)15-9-7-13(8-10-15)16(19)6-3/h7-10,14,18H,4-6,11-12H2,1-3H3. The highest BCUT2D eigenvalue weighted by Gasteiger charge is 2.15. The van der Waals surface area contributed by atoms with E-state index in [1.165, 1.54) is 0 Å². The molecule has 0 unspecified atom stereocenters. The fraction of sp³-hybridized carbons (Fsp3) is 0.562. The molecule has 3 nitrogen and oxygen atoms in total. The maximum absolute atomic E-state index is 11.6. The molecular weight excluding hydrogens is 238 g/mol. The van der Waals surface area contributed by atoms with Crippen molar-refractivity contribution < 1.29 is 9.90 Å². The Balaban J connectivity index is 2.93. The molecule has 0 aromatic heterocycles. The summed E-state index contributed by atoms with van der Waals surface area (Å²) in [5.74, 6) is 0.169. The second kappa shape index (κ2) is 7.95. The van der Waals surface area contributed by atoms with Gasteiger partial charge in [0.2, 0.25) is 0 Å². The predicted octanol–water partition coefficient (Wildman–Crippen LogP) is 3.27. The number of benzene rings is 1. The van der Waals surface area contributed by atoms with E-state index in [1.807, 2.05) is 31.2 Å². The maximum atomic E-state index is 11.6. The van der Waals surface area contributed by atoms with E-state index in [0.717, 1.165) is 24.1 Å². The van der Waals surface area contributed by atoms with Gasteiger partial charge in [-0.1, -0.05) is 20.8 Å². The van der Waals surface area contributed by atoms with E-state index in [-0.39, 0.29) is 12.4 Å². The van der Waals surface area contributed by atoms with Gasteiger partial charge in [0.05, 0.1) is 6.61 Å². The lowest BCUT2D eigenvalue weighted by atomic mass is 10.1. The van der Waals surface area contributed by atoms with Crippen LogP contribution in [-0.4, -0.2) is 30.1 Å². The van der Waals surface area contributed by atoms with Crippen LogP contribution in [0.25, 0.3) is 0 Å². The molecule has 1 aromatic carbocycles. The summed E-state index contributed by atoms with van der Waals surface area (Å²) >= 11 is 0. The first-order valence-corrected chi connectivity index (χ1v) is 7.18. The van der Waals surface area contributed by atoms with Crippen molar-refractivity contribution in [2.45, 2.75) is 46.1 Å². The molecule has 0 amide bonds. The molecule has 19 heavy (non-hydrogen) atoms. The molecule has 0 aliphatic rings. The van der Waals surface area contributed by atoms with Crippen molar-refractivity contribution >= 4 is 11.5 Å². The smallest absolute Gasteiger partial charge is 0.162 e. The molecular formula is C16H25NO2. The van der Waals surface area contributed by atoms with Crippen LogP contribution in [0.2, 0.25) is 0 Å². The Labute approximate surface area is 116 Å². The Kier molecular flexibility index (Phi) is 6.57. The summed E-state index contributed by atoms with van der Waals surface area (Å²) in [6.45, 7) is 6.97. The van der Waals surface area contributed by atoms with Gasteiger partial charge in [-0.3, -0.25) is 4.79 Å². The van der Waals surface area contributed by atoms with Crippen LogP contribution in [0, 0.1) is 0 Å². The van der Waals surface area contributed by atoms with E-state index in [9.17, 15) is 9.90 Å². The Hall–Kier alpha value is -1.35. The van der Waals surface area contributed by atoms with Gasteiger partial charge in [-0.2, -0.15) is 0 Å².